The number of aromatic nitrogens is 1. The fourth-order valence-corrected chi connectivity index (χ4v) is 3.45. The SMILES string of the molecule is Cc1c(CC(=O)c2ncc(CNCCO)cc2Cl)cccc1-c1ccccc1. The van der Waals surface area contributed by atoms with Crippen LogP contribution in [-0.2, 0) is 13.0 Å². The number of rotatable bonds is 8. The monoisotopic (exact) mass is 394 g/mol. The van der Waals surface area contributed by atoms with Crippen LogP contribution in [-0.4, -0.2) is 29.0 Å². The van der Waals surface area contributed by atoms with Gasteiger partial charge in [0.25, 0.3) is 0 Å². The molecule has 0 amide bonds. The molecule has 0 bridgehead atoms. The van der Waals surface area contributed by atoms with Crippen LogP contribution in [0.5, 0.6) is 0 Å². The lowest BCUT2D eigenvalue weighted by atomic mass is 9.93. The maximum atomic E-state index is 12.8. The van der Waals surface area contributed by atoms with Crippen LogP contribution in [0.3, 0.4) is 0 Å². The van der Waals surface area contributed by atoms with Gasteiger partial charge in [0.1, 0.15) is 5.69 Å². The van der Waals surface area contributed by atoms with Gasteiger partial charge in [-0.3, -0.25) is 9.78 Å². The van der Waals surface area contributed by atoms with Crippen LogP contribution in [0.15, 0.2) is 60.8 Å². The van der Waals surface area contributed by atoms with Crippen LogP contribution in [0.1, 0.15) is 27.2 Å². The number of aliphatic hydroxyl groups excluding tert-OH is 1. The van der Waals surface area contributed by atoms with Crippen molar-refractivity contribution in [3.63, 3.8) is 0 Å². The third kappa shape index (κ3) is 4.84. The Balaban J connectivity index is 1.78. The predicted octanol–water partition coefficient (Wildman–Crippen LogP) is 4.22. The zero-order valence-electron chi connectivity index (χ0n) is 15.8. The molecule has 144 valence electrons. The van der Waals surface area contributed by atoms with Gasteiger partial charge in [0.05, 0.1) is 11.6 Å². The van der Waals surface area contributed by atoms with E-state index >= 15 is 0 Å². The van der Waals surface area contributed by atoms with Crippen molar-refractivity contribution >= 4 is 17.4 Å². The molecule has 5 heteroatoms. The average Bonchev–Trinajstić information content (AvgIpc) is 2.70. The number of nitrogens with zero attached hydrogens (tertiary/aromatic N) is 1. The molecule has 4 nitrogen and oxygen atoms in total. The van der Waals surface area contributed by atoms with Gasteiger partial charge in [0.15, 0.2) is 5.78 Å². The minimum atomic E-state index is -0.104. The van der Waals surface area contributed by atoms with Crippen molar-refractivity contribution in [2.75, 3.05) is 13.2 Å². The Morgan fingerprint density at radius 2 is 1.93 bits per heavy atom. The van der Waals surface area contributed by atoms with Crippen LogP contribution >= 0.6 is 11.6 Å². The van der Waals surface area contributed by atoms with Crippen molar-refractivity contribution < 1.29 is 9.90 Å². The van der Waals surface area contributed by atoms with Gasteiger partial charge in [-0.05, 0) is 40.8 Å². The summed E-state index contributed by atoms with van der Waals surface area (Å²) in [5, 5.41) is 12.2. The third-order valence-corrected chi connectivity index (χ3v) is 4.95. The number of pyridine rings is 1. The molecule has 2 aromatic carbocycles. The first-order valence-electron chi connectivity index (χ1n) is 9.23. The maximum Gasteiger partial charge on any atom is 0.187 e. The van der Waals surface area contributed by atoms with Crippen molar-refractivity contribution in [1.82, 2.24) is 10.3 Å². The molecule has 28 heavy (non-hydrogen) atoms. The number of benzene rings is 2. The highest BCUT2D eigenvalue weighted by Crippen LogP contribution is 2.27. The number of aliphatic hydroxyl groups is 1. The highest BCUT2D eigenvalue weighted by Gasteiger charge is 2.16. The van der Waals surface area contributed by atoms with E-state index in [1.807, 2.05) is 37.3 Å². The van der Waals surface area contributed by atoms with Crippen LogP contribution in [0.4, 0.5) is 0 Å². The largest absolute Gasteiger partial charge is 0.395 e. The van der Waals surface area contributed by atoms with E-state index in [4.69, 9.17) is 16.7 Å². The molecule has 0 aliphatic carbocycles. The van der Waals surface area contributed by atoms with Gasteiger partial charge in [-0.1, -0.05) is 60.1 Å². The van der Waals surface area contributed by atoms with Gasteiger partial charge < -0.3 is 10.4 Å². The van der Waals surface area contributed by atoms with Gasteiger partial charge >= 0.3 is 0 Å². The van der Waals surface area contributed by atoms with Crippen molar-refractivity contribution in [2.24, 2.45) is 0 Å². The van der Waals surface area contributed by atoms with Crippen molar-refractivity contribution in [3.8, 4) is 11.1 Å². The Morgan fingerprint density at radius 1 is 1.14 bits per heavy atom. The summed E-state index contributed by atoms with van der Waals surface area (Å²) in [4.78, 5) is 17.1. The summed E-state index contributed by atoms with van der Waals surface area (Å²) >= 11 is 6.31. The number of halogens is 1. The summed E-state index contributed by atoms with van der Waals surface area (Å²) in [6.07, 6.45) is 1.90. The molecule has 3 aromatic rings. The molecule has 1 aromatic heterocycles. The molecule has 2 N–H and O–H groups in total. The summed E-state index contributed by atoms with van der Waals surface area (Å²) in [6.45, 7) is 3.14. The topological polar surface area (TPSA) is 62.2 Å². The predicted molar refractivity (Wildman–Crippen MR) is 113 cm³/mol. The number of Topliss-reactive ketones (excluding diaryl/α,β-unsaturated/α-hetero) is 1. The molecule has 0 unspecified atom stereocenters. The fraction of sp³-hybridized carbons (Fsp3) is 0.217. The normalized spacial score (nSPS) is 10.8. The second-order valence-corrected chi connectivity index (χ2v) is 7.04. The first-order chi connectivity index (χ1) is 13.6. The fourth-order valence-electron chi connectivity index (χ4n) is 3.15. The second kappa shape index (κ2) is 9.60. The van der Waals surface area contributed by atoms with E-state index in [-0.39, 0.29) is 24.5 Å². The average molecular weight is 395 g/mol. The van der Waals surface area contributed by atoms with E-state index in [9.17, 15) is 4.79 Å². The van der Waals surface area contributed by atoms with E-state index in [1.165, 1.54) is 0 Å². The standard InChI is InChI=1S/C23H23ClN2O2/c1-16-19(8-5-9-20(16)18-6-3-2-4-7-18)13-22(28)23-21(24)12-17(15-26-23)14-25-10-11-27/h2-9,12,15,25,27H,10-11,13-14H2,1H3. The van der Waals surface area contributed by atoms with Gasteiger partial charge in [0, 0.05) is 25.7 Å². The van der Waals surface area contributed by atoms with Crippen LogP contribution in [0.25, 0.3) is 11.1 Å². The molecule has 0 atom stereocenters. The van der Waals surface area contributed by atoms with Gasteiger partial charge in [-0.15, -0.1) is 0 Å². The molecular weight excluding hydrogens is 372 g/mol. The van der Waals surface area contributed by atoms with Gasteiger partial charge in [0.2, 0.25) is 0 Å². The highest BCUT2D eigenvalue weighted by atomic mass is 35.5. The molecule has 0 saturated carbocycles. The van der Waals surface area contributed by atoms with Gasteiger partial charge in [-0.2, -0.15) is 0 Å². The molecule has 3 rings (SSSR count). The zero-order chi connectivity index (χ0) is 19.9. The van der Waals surface area contributed by atoms with E-state index in [0.29, 0.717) is 18.1 Å². The number of hydrogen-bond donors (Lipinski definition) is 2. The summed E-state index contributed by atoms with van der Waals surface area (Å²) in [7, 11) is 0. The summed E-state index contributed by atoms with van der Waals surface area (Å²) in [6, 6.07) is 17.9. The van der Waals surface area contributed by atoms with Crippen LogP contribution in [0, 0.1) is 6.92 Å². The smallest absolute Gasteiger partial charge is 0.187 e. The Hall–Kier alpha value is -2.53. The molecule has 0 aliphatic rings. The number of hydrogen-bond acceptors (Lipinski definition) is 4. The minimum Gasteiger partial charge on any atom is -0.395 e. The molecule has 0 spiro atoms. The van der Waals surface area contributed by atoms with Crippen molar-refractivity contribution in [3.05, 3.63) is 88.2 Å². The zero-order valence-corrected chi connectivity index (χ0v) is 16.5. The number of nitrogens with one attached hydrogen (secondary N) is 1. The van der Waals surface area contributed by atoms with E-state index in [2.05, 4.69) is 28.5 Å². The third-order valence-electron chi connectivity index (χ3n) is 4.66. The Labute approximate surface area is 170 Å². The second-order valence-electron chi connectivity index (χ2n) is 6.63. The molecule has 0 saturated heterocycles. The highest BCUT2D eigenvalue weighted by molar-refractivity contribution is 6.33. The van der Waals surface area contributed by atoms with Crippen molar-refractivity contribution in [1.29, 1.82) is 0 Å². The first kappa shape index (κ1) is 20.2. The number of carbonyl (C=O) groups excluding carboxylic acids is 1. The quantitative estimate of drug-likeness (QED) is 0.443. The molecule has 0 fully saturated rings. The maximum absolute atomic E-state index is 12.8. The lowest BCUT2D eigenvalue weighted by Gasteiger charge is -2.12. The summed E-state index contributed by atoms with van der Waals surface area (Å²) in [5.74, 6) is -0.104. The molecule has 0 radical (unpaired) electrons. The summed E-state index contributed by atoms with van der Waals surface area (Å²) in [5.41, 5.74) is 5.47. The van der Waals surface area contributed by atoms with Crippen molar-refractivity contribution in [2.45, 2.75) is 19.9 Å². The molecule has 1 heterocycles. The molecule has 0 aliphatic heterocycles. The van der Waals surface area contributed by atoms with E-state index in [0.717, 1.165) is 27.8 Å². The minimum absolute atomic E-state index is 0.0686. The lowest BCUT2D eigenvalue weighted by Crippen LogP contribution is -2.18. The number of ketones is 1. The first-order valence-corrected chi connectivity index (χ1v) is 9.61. The Bertz CT molecular complexity index is 958. The van der Waals surface area contributed by atoms with Crippen LogP contribution in [0.2, 0.25) is 5.02 Å². The number of carbonyl (C=O) groups is 1. The summed E-state index contributed by atoms with van der Waals surface area (Å²) < 4.78 is 0. The lowest BCUT2D eigenvalue weighted by molar-refractivity contribution is 0.0988. The Kier molecular flexibility index (Phi) is 6.93. The Morgan fingerprint density at radius 3 is 2.64 bits per heavy atom. The van der Waals surface area contributed by atoms with E-state index in [1.54, 1.807) is 12.3 Å². The van der Waals surface area contributed by atoms with E-state index < -0.39 is 0 Å². The van der Waals surface area contributed by atoms with Gasteiger partial charge in [-0.25, -0.2) is 0 Å². The molecular formula is C23H23ClN2O2. The van der Waals surface area contributed by atoms with Crippen LogP contribution < -0.4 is 5.32 Å².